The summed E-state index contributed by atoms with van der Waals surface area (Å²) in [6.07, 6.45) is 3.28. The predicted molar refractivity (Wildman–Crippen MR) is 95.4 cm³/mol. The van der Waals surface area contributed by atoms with Gasteiger partial charge in [-0.05, 0) is 54.8 Å². The van der Waals surface area contributed by atoms with E-state index >= 15 is 0 Å². The quantitative estimate of drug-likeness (QED) is 0.711. The maximum atomic E-state index is 12.8. The molecule has 0 aliphatic carbocycles. The van der Waals surface area contributed by atoms with Crippen LogP contribution in [0.5, 0.6) is 0 Å². The largest absolute Gasteiger partial charge is 0.338 e. The number of benzene rings is 2. The molecule has 3 rings (SSSR count). The van der Waals surface area contributed by atoms with E-state index in [4.69, 9.17) is 23.2 Å². The summed E-state index contributed by atoms with van der Waals surface area (Å²) in [5.74, 6) is 0.452. The molecule has 1 aliphatic rings. The lowest BCUT2D eigenvalue weighted by Gasteiger charge is -2.25. The van der Waals surface area contributed by atoms with E-state index in [1.807, 2.05) is 17.0 Å². The third-order valence-corrected chi connectivity index (χ3v) is 4.90. The van der Waals surface area contributed by atoms with Crippen LogP contribution in [0.3, 0.4) is 0 Å². The van der Waals surface area contributed by atoms with Crippen molar-refractivity contribution in [1.29, 1.82) is 0 Å². The summed E-state index contributed by atoms with van der Waals surface area (Å²) in [4.78, 5) is 14.7. The van der Waals surface area contributed by atoms with E-state index in [-0.39, 0.29) is 5.91 Å². The molecule has 1 heterocycles. The Kier molecular flexibility index (Phi) is 5.24. The van der Waals surface area contributed by atoms with E-state index < -0.39 is 0 Å². The minimum absolute atomic E-state index is 0.0857. The Balaban J connectivity index is 1.77. The van der Waals surface area contributed by atoms with Crippen molar-refractivity contribution in [3.05, 3.63) is 69.7 Å². The van der Waals surface area contributed by atoms with E-state index in [1.54, 1.807) is 24.3 Å². The van der Waals surface area contributed by atoms with Crippen molar-refractivity contribution in [1.82, 2.24) is 4.90 Å². The number of rotatable bonds is 2. The lowest BCUT2D eigenvalue weighted by atomic mass is 9.94. The van der Waals surface area contributed by atoms with Crippen molar-refractivity contribution in [3.63, 3.8) is 0 Å². The van der Waals surface area contributed by atoms with Crippen molar-refractivity contribution in [2.75, 3.05) is 13.1 Å². The predicted octanol–water partition coefficient (Wildman–Crippen LogP) is 5.40. The highest BCUT2D eigenvalue weighted by molar-refractivity contribution is 6.30. The van der Waals surface area contributed by atoms with Gasteiger partial charge in [0.15, 0.2) is 0 Å². The van der Waals surface area contributed by atoms with E-state index in [0.717, 1.165) is 37.4 Å². The van der Waals surface area contributed by atoms with Crippen LogP contribution >= 0.6 is 23.2 Å². The molecule has 0 aromatic heterocycles. The lowest BCUT2D eigenvalue weighted by molar-refractivity contribution is 0.0754. The molecule has 0 spiro atoms. The first-order valence-electron chi connectivity index (χ1n) is 7.94. The van der Waals surface area contributed by atoms with Crippen molar-refractivity contribution in [2.45, 2.75) is 25.2 Å². The number of hydrogen-bond acceptors (Lipinski definition) is 1. The zero-order valence-corrected chi connectivity index (χ0v) is 14.4. The van der Waals surface area contributed by atoms with Gasteiger partial charge in [0.05, 0.1) is 0 Å². The minimum Gasteiger partial charge on any atom is -0.338 e. The van der Waals surface area contributed by atoms with Gasteiger partial charge in [-0.2, -0.15) is 0 Å². The third kappa shape index (κ3) is 4.07. The molecular weight excluding hydrogens is 329 g/mol. The summed E-state index contributed by atoms with van der Waals surface area (Å²) in [5.41, 5.74) is 1.95. The highest BCUT2D eigenvalue weighted by Crippen LogP contribution is 2.28. The lowest BCUT2D eigenvalue weighted by Crippen LogP contribution is -2.34. The molecule has 0 N–H and O–H groups in total. The second-order valence-corrected chi connectivity index (χ2v) is 6.88. The summed E-state index contributed by atoms with van der Waals surface area (Å²) in [7, 11) is 0. The molecule has 1 atom stereocenters. The molecule has 1 amide bonds. The Morgan fingerprint density at radius 1 is 0.913 bits per heavy atom. The van der Waals surface area contributed by atoms with Crippen molar-refractivity contribution in [2.24, 2.45) is 0 Å². The second kappa shape index (κ2) is 7.37. The Labute approximate surface area is 147 Å². The number of nitrogens with zero attached hydrogens (tertiary/aromatic N) is 1. The Bertz CT molecular complexity index is 667. The highest BCUT2D eigenvalue weighted by Gasteiger charge is 2.23. The summed E-state index contributed by atoms with van der Waals surface area (Å²) in [6.45, 7) is 1.56. The summed E-state index contributed by atoms with van der Waals surface area (Å²) < 4.78 is 0. The first-order valence-corrected chi connectivity index (χ1v) is 8.69. The van der Waals surface area contributed by atoms with Gasteiger partial charge < -0.3 is 4.90 Å². The average Bonchev–Trinajstić information content (AvgIpc) is 2.82. The number of likely N-dealkylation sites (tertiary alicyclic amines) is 1. The van der Waals surface area contributed by atoms with Gasteiger partial charge in [-0.25, -0.2) is 0 Å². The Morgan fingerprint density at radius 2 is 1.52 bits per heavy atom. The van der Waals surface area contributed by atoms with Crippen LogP contribution in [0.4, 0.5) is 0 Å². The summed E-state index contributed by atoms with van der Waals surface area (Å²) in [6, 6.07) is 15.1. The molecule has 1 saturated heterocycles. The number of hydrogen-bond donors (Lipinski definition) is 0. The molecule has 0 saturated carbocycles. The van der Waals surface area contributed by atoms with Crippen LogP contribution in [-0.2, 0) is 0 Å². The van der Waals surface area contributed by atoms with Crippen LogP contribution in [0.1, 0.15) is 41.1 Å². The number of carbonyl (C=O) groups is 1. The van der Waals surface area contributed by atoms with Crippen molar-refractivity contribution in [3.8, 4) is 0 Å². The van der Waals surface area contributed by atoms with Gasteiger partial charge in [-0.1, -0.05) is 41.8 Å². The summed E-state index contributed by atoms with van der Waals surface area (Å²) >= 11 is 11.9. The number of halogens is 2. The standard InChI is InChI=1S/C19H19Cl2NO/c20-17-8-4-14(5-9-17)16-3-1-2-12-22(13-16)19(23)15-6-10-18(21)11-7-15/h4-11,16H,1-3,12-13H2. The van der Waals surface area contributed by atoms with Crippen LogP contribution in [0, 0.1) is 0 Å². The first kappa shape index (κ1) is 16.4. The van der Waals surface area contributed by atoms with E-state index in [0.29, 0.717) is 16.5 Å². The van der Waals surface area contributed by atoms with Gasteiger partial charge in [-0.15, -0.1) is 0 Å². The molecule has 1 fully saturated rings. The average molecular weight is 348 g/mol. The SMILES string of the molecule is O=C(c1ccc(Cl)cc1)N1CCCCC(c2ccc(Cl)cc2)C1. The molecule has 1 aliphatic heterocycles. The second-order valence-electron chi connectivity index (χ2n) is 6.00. The maximum Gasteiger partial charge on any atom is 0.253 e. The highest BCUT2D eigenvalue weighted by atomic mass is 35.5. The normalized spacial score (nSPS) is 18.5. The molecule has 1 unspecified atom stereocenters. The van der Waals surface area contributed by atoms with Gasteiger partial charge in [0.25, 0.3) is 5.91 Å². The van der Waals surface area contributed by atoms with Gasteiger partial charge >= 0.3 is 0 Å². The zero-order chi connectivity index (χ0) is 16.2. The smallest absolute Gasteiger partial charge is 0.253 e. The van der Waals surface area contributed by atoms with Crippen LogP contribution in [0.25, 0.3) is 0 Å². The molecule has 2 aromatic rings. The van der Waals surface area contributed by atoms with Crippen LogP contribution < -0.4 is 0 Å². The molecule has 0 radical (unpaired) electrons. The Morgan fingerprint density at radius 3 is 2.17 bits per heavy atom. The first-order chi connectivity index (χ1) is 11.1. The van der Waals surface area contributed by atoms with Gasteiger partial charge in [0.2, 0.25) is 0 Å². The molecule has 2 aromatic carbocycles. The van der Waals surface area contributed by atoms with E-state index in [1.165, 1.54) is 5.56 Å². The van der Waals surface area contributed by atoms with Crippen LogP contribution in [0.15, 0.2) is 48.5 Å². The van der Waals surface area contributed by atoms with E-state index in [9.17, 15) is 4.79 Å². The zero-order valence-electron chi connectivity index (χ0n) is 12.8. The van der Waals surface area contributed by atoms with Gasteiger partial charge in [0.1, 0.15) is 0 Å². The molecule has 120 valence electrons. The monoisotopic (exact) mass is 347 g/mol. The van der Waals surface area contributed by atoms with Gasteiger partial charge in [0, 0.05) is 34.6 Å². The third-order valence-electron chi connectivity index (χ3n) is 4.39. The fraction of sp³-hybridized carbons (Fsp3) is 0.316. The van der Waals surface area contributed by atoms with E-state index in [2.05, 4.69) is 12.1 Å². The fourth-order valence-electron chi connectivity index (χ4n) is 3.11. The fourth-order valence-corrected chi connectivity index (χ4v) is 3.36. The molecule has 4 heteroatoms. The van der Waals surface area contributed by atoms with Crippen molar-refractivity contribution >= 4 is 29.1 Å². The molecular formula is C19H19Cl2NO. The number of amides is 1. The van der Waals surface area contributed by atoms with Crippen LogP contribution in [0.2, 0.25) is 10.0 Å². The Hall–Kier alpha value is -1.51. The minimum atomic E-state index is 0.0857. The topological polar surface area (TPSA) is 20.3 Å². The molecule has 23 heavy (non-hydrogen) atoms. The maximum absolute atomic E-state index is 12.8. The van der Waals surface area contributed by atoms with Gasteiger partial charge in [-0.3, -0.25) is 4.79 Å². The van der Waals surface area contributed by atoms with Crippen LogP contribution in [-0.4, -0.2) is 23.9 Å². The van der Waals surface area contributed by atoms with Crippen molar-refractivity contribution < 1.29 is 4.79 Å². The summed E-state index contributed by atoms with van der Waals surface area (Å²) in [5, 5.41) is 1.40. The molecule has 2 nitrogen and oxygen atoms in total. The number of carbonyl (C=O) groups excluding carboxylic acids is 1. The molecule has 0 bridgehead atoms.